The zero-order valence-corrected chi connectivity index (χ0v) is 23.3. The summed E-state index contributed by atoms with van der Waals surface area (Å²) in [7, 11) is -4.06. The molecular weight excluding hydrogens is 398 g/mol. The predicted molar refractivity (Wildman–Crippen MR) is 129 cm³/mol. The van der Waals surface area contributed by atoms with Gasteiger partial charge in [0.25, 0.3) is 0 Å². The van der Waals surface area contributed by atoms with Crippen LogP contribution in [-0.4, -0.2) is 47.1 Å². The molecule has 0 saturated carbocycles. The van der Waals surface area contributed by atoms with Crippen molar-refractivity contribution in [3.8, 4) is 0 Å². The van der Waals surface area contributed by atoms with Gasteiger partial charge in [0.05, 0.1) is 18.8 Å². The minimum Gasteiger partial charge on any atom is -0.444 e. The molecule has 172 valence electrons. The standard InChI is InChI=1S/C22H47NO4Si2/c1-15-17(23-19(24)26-20(2,3)4)18(27-29(13,14)22(8,9)10)16-25-28(11,12)21(5,6)7/h15,17-18H,1,16H2,2-14H3,(H,23,24)/t17-,18+/m0/s1. The Labute approximate surface area is 182 Å². The van der Waals surface area contributed by atoms with E-state index in [2.05, 4.69) is 79.6 Å². The summed E-state index contributed by atoms with van der Waals surface area (Å²) in [4.78, 5) is 12.4. The van der Waals surface area contributed by atoms with Gasteiger partial charge in [0, 0.05) is 0 Å². The van der Waals surface area contributed by atoms with Crippen LogP contribution in [0.2, 0.25) is 36.3 Å². The summed E-state index contributed by atoms with van der Waals surface area (Å²) in [6, 6.07) is -0.399. The molecule has 1 N–H and O–H groups in total. The van der Waals surface area contributed by atoms with Gasteiger partial charge in [0.15, 0.2) is 16.6 Å². The molecule has 0 aromatic heterocycles. The molecule has 2 atom stereocenters. The van der Waals surface area contributed by atoms with Crippen molar-refractivity contribution in [3.63, 3.8) is 0 Å². The number of carbonyl (C=O) groups is 1. The van der Waals surface area contributed by atoms with Gasteiger partial charge < -0.3 is 18.9 Å². The summed E-state index contributed by atoms with van der Waals surface area (Å²) in [5.74, 6) is 0. The Kier molecular flexibility index (Phi) is 9.45. The fourth-order valence-corrected chi connectivity index (χ4v) is 4.36. The highest BCUT2D eigenvalue weighted by Gasteiger charge is 2.43. The number of rotatable bonds is 8. The molecule has 0 aliphatic carbocycles. The summed E-state index contributed by atoms with van der Waals surface area (Å²) in [6.45, 7) is 32.0. The minimum atomic E-state index is -2.09. The van der Waals surface area contributed by atoms with E-state index in [1.54, 1.807) is 6.08 Å². The molecule has 7 heteroatoms. The highest BCUT2D eigenvalue weighted by molar-refractivity contribution is 6.74. The Hall–Kier alpha value is -0.636. The second-order valence-corrected chi connectivity index (χ2v) is 21.5. The topological polar surface area (TPSA) is 56.8 Å². The van der Waals surface area contributed by atoms with Crippen molar-refractivity contribution in [2.45, 2.75) is 116 Å². The van der Waals surface area contributed by atoms with Crippen LogP contribution in [0.3, 0.4) is 0 Å². The van der Waals surface area contributed by atoms with Gasteiger partial charge in [-0.05, 0) is 57.0 Å². The smallest absolute Gasteiger partial charge is 0.408 e. The molecule has 0 unspecified atom stereocenters. The molecule has 0 aliphatic rings. The largest absolute Gasteiger partial charge is 0.444 e. The van der Waals surface area contributed by atoms with Gasteiger partial charge in [-0.25, -0.2) is 4.79 Å². The van der Waals surface area contributed by atoms with Gasteiger partial charge in [-0.2, -0.15) is 0 Å². The lowest BCUT2D eigenvalue weighted by molar-refractivity contribution is 0.0412. The molecular formula is C22H47NO4Si2. The van der Waals surface area contributed by atoms with Crippen LogP contribution in [0.4, 0.5) is 4.79 Å². The van der Waals surface area contributed by atoms with Crippen molar-refractivity contribution < 1.29 is 18.4 Å². The molecule has 0 spiro atoms. The van der Waals surface area contributed by atoms with E-state index in [0.717, 1.165) is 0 Å². The molecule has 5 nitrogen and oxygen atoms in total. The van der Waals surface area contributed by atoms with Gasteiger partial charge in [-0.1, -0.05) is 47.6 Å². The van der Waals surface area contributed by atoms with Gasteiger partial charge in [0.2, 0.25) is 0 Å². The highest BCUT2D eigenvalue weighted by Crippen LogP contribution is 2.39. The zero-order chi connectivity index (χ0) is 23.5. The third-order valence-corrected chi connectivity index (χ3v) is 15.0. The van der Waals surface area contributed by atoms with Crippen LogP contribution in [0.25, 0.3) is 0 Å². The minimum absolute atomic E-state index is 0.0415. The molecule has 0 rings (SSSR count). The number of hydrogen-bond acceptors (Lipinski definition) is 4. The summed E-state index contributed by atoms with van der Waals surface area (Å²) in [5, 5.41) is 3.06. The summed E-state index contributed by atoms with van der Waals surface area (Å²) in [5.41, 5.74) is -0.566. The van der Waals surface area contributed by atoms with Gasteiger partial charge >= 0.3 is 6.09 Å². The molecule has 0 heterocycles. The zero-order valence-electron chi connectivity index (χ0n) is 21.3. The van der Waals surface area contributed by atoms with Crippen LogP contribution in [0.15, 0.2) is 12.7 Å². The van der Waals surface area contributed by atoms with Crippen LogP contribution in [0, 0.1) is 0 Å². The number of hydrogen-bond donors (Lipinski definition) is 1. The number of ether oxygens (including phenoxy) is 1. The van der Waals surface area contributed by atoms with Crippen LogP contribution in [0.1, 0.15) is 62.3 Å². The number of carbonyl (C=O) groups excluding carboxylic acids is 1. The third-order valence-electron chi connectivity index (χ3n) is 6.00. The average molecular weight is 446 g/mol. The normalized spacial score (nSPS) is 16.2. The highest BCUT2D eigenvalue weighted by atomic mass is 28.4. The lowest BCUT2D eigenvalue weighted by atomic mass is 10.1. The van der Waals surface area contributed by atoms with E-state index in [9.17, 15) is 4.79 Å². The monoisotopic (exact) mass is 445 g/mol. The molecule has 0 fully saturated rings. The maximum absolute atomic E-state index is 12.4. The first-order valence-electron chi connectivity index (χ1n) is 10.6. The Bertz CT molecular complexity index is 555. The molecule has 0 radical (unpaired) electrons. The van der Waals surface area contributed by atoms with E-state index in [-0.39, 0.29) is 16.2 Å². The van der Waals surface area contributed by atoms with E-state index in [1.807, 2.05) is 20.8 Å². The van der Waals surface area contributed by atoms with E-state index >= 15 is 0 Å². The fourth-order valence-electron chi connectivity index (χ4n) is 2.02. The first-order chi connectivity index (χ1) is 12.6. The lowest BCUT2D eigenvalue weighted by Crippen LogP contribution is -2.54. The van der Waals surface area contributed by atoms with Crippen molar-refractivity contribution in [1.82, 2.24) is 5.32 Å². The van der Waals surface area contributed by atoms with Gasteiger partial charge in [-0.15, -0.1) is 6.58 Å². The Morgan fingerprint density at radius 3 is 1.72 bits per heavy atom. The number of nitrogens with one attached hydrogen (secondary N) is 1. The maximum atomic E-state index is 12.4. The summed E-state index contributed by atoms with van der Waals surface area (Å²) < 4.78 is 18.6. The Balaban J connectivity index is 5.64. The van der Waals surface area contributed by atoms with E-state index in [0.29, 0.717) is 6.61 Å². The Morgan fingerprint density at radius 2 is 1.38 bits per heavy atom. The predicted octanol–water partition coefficient (Wildman–Crippen LogP) is 6.48. The van der Waals surface area contributed by atoms with E-state index in [4.69, 9.17) is 13.6 Å². The van der Waals surface area contributed by atoms with Crippen molar-refractivity contribution in [2.24, 2.45) is 0 Å². The van der Waals surface area contributed by atoms with Crippen molar-refractivity contribution >= 4 is 22.7 Å². The lowest BCUT2D eigenvalue weighted by Gasteiger charge is -2.43. The van der Waals surface area contributed by atoms with Crippen LogP contribution in [-0.2, 0) is 13.6 Å². The maximum Gasteiger partial charge on any atom is 0.408 e. The van der Waals surface area contributed by atoms with Crippen LogP contribution in [0.5, 0.6) is 0 Å². The molecule has 0 saturated heterocycles. The Morgan fingerprint density at radius 1 is 0.931 bits per heavy atom. The van der Waals surface area contributed by atoms with Gasteiger partial charge in [-0.3, -0.25) is 0 Å². The summed E-state index contributed by atoms with van der Waals surface area (Å²) >= 11 is 0. The molecule has 0 aromatic rings. The third kappa shape index (κ3) is 9.36. The molecule has 1 amide bonds. The van der Waals surface area contributed by atoms with Crippen molar-refractivity contribution in [2.75, 3.05) is 6.61 Å². The second-order valence-electron chi connectivity index (χ2n) is 11.9. The first-order valence-corrected chi connectivity index (χ1v) is 16.4. The van der Waals surface area contributed by atoms with Crippen LogP contribution >= 0.6 is 0 Å². The van der Waals surface area contributed by atoms with E-state index < -0.39 is 34.4 Å². The fraction of sp³-hybridized carbons (Fsp3) is 0.864. The average Bonchev–Trinajstić information content (AvgIpc) is 2.45. The van der Waals surface area contributed by atoms with Crippen LogP contribution < -0.4 is 5.32 Å². The number of amides is 1. The molecule has 0 aliphatic heterocycles. The van der Waals surface area contributed by atoms with Crippen molar-refractivity contribution in [1.29, 1.82) is 0 Å². The van der Waals surface area contributed by atoms with E-state index in [1.165, 1.54) is 0 Å². The quantitative estimate of drug-likeness (QED) is 0.343. The first kappa shape index (κ1) is 28.4. The summed E-state index contributed by atoms with van der Waals surface area (Å²) in [6.07, 6.45) is 0.921. The molecule has 0 aromatic carbocycles. The van der Waals surface area contributed by atoms with Gasteiger partial charge in [0.1, 0.15) is 5.60 Å². The molecule has 0 bridgehead atoms. The molecule has 29 heavy (non-hydrogen) atoms. The SMILES string of the molecule is C=C[C@H](NC(=O)OC(C)(C)C)[C@@H](CO[Si](C)(C)C(C)(C)C)O[Si](C)(C)C(C)(C)C. The van der Waals surface area contributed by atoms with Crippen molar-refractivity contribution in [3.05, 3.63) is 12.7 Å². The number of alkyl carbamates (subject to hydrolysis) is 1. The second kappa shape index (κ2) is 9.66.